The van der Waals surface area contributed by atoms with Crippen LogP contribution in [-0.4, -0.2) is 48.6 Å². The van der Waals surface area contributed by atoms with Crippen LogP contribution in [0.2, 0.25) is 0 Å². The second kappa shape index (κ2) is 6.68. The summed E-state index contributed by atoms with van der Waals surface area (Å²) in [5.74, 6) is -1.33. The van der Waals surface area contributed by atoms with E-state index in [0.29, 0.717) is 17.0 Å². The maximum absolute atomic E-state index is 14.2. The van der Waals surface area contributed by atoms with Crippen LogP contribution in [0.5, 0.6) is 0 Å². The van der Waals surface area contributed by atoms with Gasteiger partial charge in [0.05, 0.1) is 6.20 Å². The van der Waals surface area contributed by atoms with Gasteiger partial charge in [0.1, 0.15) is 12.2 Å². The van der Waals surface area contributed by atoms with Gasteiger partial charge in [-0.1, -0.05) is 6.42 Å². The number of hydrogen-bond acceptors (Lipinski definition) is 6. The minimum absolute atomic E-state index is 0.0404. The highest BCUT2D eigenvalue weighted by Crippen LogP contribution is 2.28. The molecule has 3 aromatic rings. The number of nitrogens with zero attached hydrogens (tertiary/aromatic N) is 4. The standard InChI is InChI=1S/C17H17FN6O2/c18-13-8-21-16(12-7-20-15-11(12)5-2-6-19-15)22-17(13)23-24(9-14(25)26)10-3-1-4-10/h2,5-8,10H,1,3-4,9H2,(H,19,20)(H,25,26)(H,21,22,23). The smallest absolute Gasteiger partial charge is 0.319 e. The van der Waals surface area contributed by atoms with Gasteiger partial charge in [0.15, 0.2) is 17.5 Å². The van der Waals surface area contributed by atoms with E-state index in [1.54, 1.807) is 18.5 Å². The summed E-state index contributed by atoms with van der Waals surface area (Å²) < 4.78 is 14.2. The van der Waals surface area contributed by atoms with Gasteiger partial charge in [-0.15, -0.1) is 0 Å². The summed E-state index contributed by atoms with van der Waals surface area (Å²) in [7, 11) is 0. The number of hydrogen-bond donors (Lipinski definition) is 3. The molecule has 8 nitrogen and oxygen atoms in total. The summed E-state index contributed by atoms with van der Waals surface area (Å²) in [5.41, 5.74) is 4.22. The average molecular weight is 356 g/mol. The molecule has 26 heavy (non-hydrogen) atoms. The summed E-state index contributed by atoms with van der Waals surface area (Å²) in [6.45, 7) is -0.236. The molecule has 1 aliphatic rings. The molecule has 0 radical (unpaired) electrons. The molecular formula is C17H17FN6O2. The third-order valence-electron chi connectivity index (χ3n) is 4.51. The van der Waals surface area contributed by atoms with E-state index in [2.05, 4.69) is 25.4 Å². The van der Waals surface area contributed by atoms with E-state index in [4.69, 9.17) is 5.11 Å². The maximum atomic E-state index is 14.2. The van der Waals surface area contributed by atoms with Gasteiger partial charge in [-0.05, 0) is 25.0 Å². The lowest BCUT2D eigenvalue weighted by Gasteiger charge is -2.36. The number of carboxylic acid groups (broad SMARTS) is 1. The largest absolute Gasteiger partial charge is 0.480 e. The summed E-state index contributed by atoms with van der Waals surface area (Å²) in [6.07, 6.45) is 7.24. The maximum Gasteiger partial charge on any atom is 0.319 e. The van der Waals surface area contributed by atoms with Crippen molar-refractivity contribution in [3.63, 3.8) is 0 Å². The van der Waals surface area contributed by atoms with Gasteiger partial charge in [0.2, 0.25) is 0 Å². The van der Waals surface area contributed by atoms with Crippen molar-refractivity contribution in [1.82, 2.24) is 24.9 Å². The number of fused-ring (bicyclic) bond motifs is 1. The molecule has 0 aromatic carbocycles. The van der Waals surface area contributed by atoms with Gasteiger partial charge in [0.25, 0.3) is 0 Å². The molecule has 4 rings (SSSR count). The molecule has 0 aliphatic heterocycles. The van der Waals surface area contributed by atoms with Crippen molar-refractivity contribution >= 4 is 22.8 Å². The predicted octanol–water partition coefficient (Wildman–Crippen LogP) is 2.43. The van der Waals surface area contributed by atoms with E-state index in [1.807, 2.05) is 6.07 Å². The first kappa shape index (κ1) is 16.4. The SMILES string of the molecule is O=C(O)CN(Nc1nc(-c2c[nH]c3ncccc23)ncc1F)C1CCC1. The van der Waals surface area contributed by atoms with Crippen LogP contribution in [0.25, 0.3) is 22.4 Å². The summed E-state index contributed by atoms with van der Waals surface area (Å²) in [4.78, 5) is 26.7. The van der Waals surface area contributed by atoms with E-state index < -0.39 is 11.8 Å². The Hall–Kier alpha value is -3.07. The molecule has 0 saturated heterocycles. The zero-order chi connectivity index (χ0) is 18.1. The Morgan fingerprint density at radius 2 is 2.27 bits per heavy atom. The van der Waals surface area contributed by atoms with Gasteiger partial charge in [-0.25, -0.2) is 24.4 Å². The Balaban J connectivity index is 1.66. The number of pyridine rings is 1. The molecule has 1 aliphatic carbocycles. The predicted molar refractivity (Wildman–Crippen MR) is 92.7 cm³/mol. The number of rotatable bonds is 6. The topological polar surface area (TPSA) is 107 Å². The van der Waals surface area contributed by atoms with Crippen LogP contribution < -0.4 is 5.43 Å². The monoisotopic (exact) mass is 356 g/mol. The van der Waals surface area contributed by atoms with Crippen molar-refractivity contribution in [2.75, 3.05) is 12.0 Å². The molecular weight excluding hydrogens is 339 g/mol. The minimum atomic E-state index is -0.984. The number of halogens is 1. The van der Waals surface area contributed by atoms with Crippen LogP contribution >= 0.6 is 0 Å². The quantitative estimate of drug-likeness (QED) is 0.582. The fourth-order valence-electron chi connectivity index (χ4n) is 2.96. The number of carboxylic acids is 1. The van der Waals surface area contributed by atoms with Gasteiger partial charge in [-0.2, -0.15) is 0 Å². The van der Waals surface area contributed by atoms with Crippen molar-refractivity contribution in [3.8, 4) is 11.4 Å². The van der Waals surface area contributed by atoms with Crippen molar-refractivity contribution in [2.24, 2.45) is 0 Å². The molecule has 1 fully saturated rings. The number of nitrogens with one attached hydrogen (secondary N) is 2. The Morgan fingerprint density at radius 1 is 1.42 bits per heavy atom. The summed E-state index contributed by atoms with van der Waals surface area (Å²) in [5, 5.41) is 11.5. The van der Waals surface area contributed by atoms with Crippen LogP contribution in [0.4, 0.5) is 10.2 Å². The van der Waals surface area contributed by atoms with Crippen LogP contribution in [0.1, 0.15) is 19.3 Å². The van der Waals surface area contributed by atoms with E-state index >= 15 is 0 Å². The normalized spacial score (nSPS) is 14.5. The number of H-pyrrole nitrogens is 1. The first-order valence-corrected chi connectivity index (χ1v) is 8.32. The molecule has 3 N–H and O–H groups in total. The van der Waals surface area contributed by atoms with E-state index in [-0.39, 0.29) is 18.4 Å². The lowest BCUT2D eigenvalue weighted by atomic mass is 9.92. The lowest BCUT2D eigenvalue weighted by Crippen LogP contribution is -2.46. The number of aromatic amines is 1. The summed E-state index contributed by atoms with van der Waals surface area (Å²) in [6, 6.07) is 3.73. The molecule has 0 unspecified atom stereocenters. The average Bonchev–Trinajstić information content (AvgIpc) is 2.99. The fourth-order valence-corrected chi connectivity index (χ4v) is 2.96. The van der Waals surface area contributed by atoms with Crippen LogP contribution in [-0.2, 0) is 4.79 Å². The zero-order valence-electron chi connectivity index (χ0n) is 13.8. The molecule has 134 valence electrons. The van der Waals surface area contributed by atoms with Gasteiger partial charge < -0.3 is 10.1 Å². The molecule has 3 aromatic heterocycles. The molecule has 0 spiro atoms. The van der Waals surface area contributed by atoms with Crippen molar-refractivity contribution < 1.29 is 14.3 Å². The van der Waals surface area contributed by atoms with Gasteiger partial charge >= 0.3 is 5.97 Å². The van der Waals surface area contributed by atoms with Gasteiger partial charge in [0, 0.05) is 29.4 Å². The van der Waals surface area contributed by atoms with E-state index in [9.17, 15) is 9.18 Å². The molecule has 0 amide bonds. The van der Waals surface area contributed by atoms with Gasteiger partial charge in [-0.3, -0.25) is 10.2 Å². The number of aliphatic carboxylic acids is 1. The molecule has 9 heteroatoms. The van der Waals surface area contributed by atoms with E-state index in [0.717, 1.165) is 30.8 Å². The second-order valence-corrected chi connectivity index (χ2v) is 6.21. The number of hydrazine groups is 1. The zero-order valence-corrected chi connectivity index (χ0v) is 13.8. The van der Waals surface area contributed by atoms with Crippen molar-refractivity contribution in [1.29, 1.82) is 0 Å². The highest BCUT2D eigenvalue weighted by Gasteiger charge is 2.28. The first-order chi connectivity index (χ1) is 12.6. The highest BCUT2D eigenvalue weighted by molar-refractivity contribution is 5.91. The van der Waals surface area contributed by atoms with Crippen LogP contribution in [0.3, 0.4) is 0 Å². The van der Waals surface area contributed by atoms with Crippen molar-refractivity contribution in [3.05, 3.63) is 36.5 Å². The molecule has 0 atom stereocenters. The Kier molecular flexibility index (Phi) is 4.21. The second-order valence-electron chi connectivity index (χ2n) is 6.21. The number of aromatic nitrogens is 4. The highest BCUT2D eigenvalue weighted by atomic mass is 19.1. The molecule has 1 saturated carbocycles. The molecule has 3 heterocycles. The Labute approximate surface area is 148 Å². The number of anilines is 1. The van der Waals surface area contributed by atoms with Crippen LogP contribution in [0.15, 0.2) is 30.7 Å². The van der Waals surface area contributed by atoms with E-state index in [1.165, 1.54) is 5.01 Å². The third kappa shape index (κ3) is 3.08. The van der Waals surface area contributed by atoms with Crippen molar-refractivity contribution in [2.45, 2.75) is 25.3 Å². The fraction of sp³-hybridized carbons (Fsp3) is 0.294. The third-order valence-corrected chi connectivity index (χ3v) is 4.51. The lowest BCUT2D eigenvalue weighted by molar-refractivity contribution is -0.138. The molecule has 0 bridgehead atoms. The first-order valence-electron chi connectivity index (χ1n) is 8.32. The Bertz CT molecular complexity index is 955. The minimum Gasteiger partial charge on any atom is -0.480 e. The summed E-state index contributed by atoms with van der Waals surface area (Å²) >= 11 is 0. The van der Waals surface area contributed by atoms with Crippen LogP contribution in [0, 0.1) is 5.82 Å². The number of carbonyl (C=O) groups is 1. The Morgan fingerprint density at radius 3 is 3.00 bits per heavy atom.